The predicted molar refractivity (Wildman–Crippen MR) is 101 cm³/mol. The van der Waals surface area contributed by atoms with Crippen LogP contribution in [0.4, 0.5) is 5.00 Å². The Morgan fingerprint density at radius 3 is 2.70 bits per heavy atom. The molecule has 0 aliphatic carbocycles. The summed E-state index contributed by atoms with van der Waals surface area (Å²) in [6.07, 6.45) is 2.12. The molecule has 9 heteroatoms. The number of thiophene rings is 1. The monoisotopic (exact) mass is 390 g/mol. The minimum atomic E-state index is -0.489. The first-order valence-electron chi connectivity index (χ1n) is 8.66. The second kappa shape index (κ2) is 7.51. The van der Waals surface area contributed by atoms with Crippen molar-refractivity contribution in [3.05, 3.63) is 34.0 Å². The van der Waals surface area contributed by atoms with Crippen LogP contribution in [-0.2, 0) is 22.5 Å². The van der Waals surface area contributed by atoms with Gasteiger partial charge in [-0.15, -0.1) is 11.3 Å². The van der Waals surface area contributed by atoms with Crippen LogP contribution in [0.2, 0.25) is 0 Å². The van der Waals surface area contributed by atoms with Crippen molar-refractivity contribution in [2.45, 2.75) is 39.8 Å². The molecule has 0 bridgehead atoms. The number of hydrogen-bond donors (Lipinski definition) is 1. The minimum absolute atomic E-state index is 0.0138. The largest absolute Gasteiger partial charge is 0.465 e. The number of anilines is 1. The Hall–Kier alpha value is -2.68. The van der Waals surface area contributed by atoms with Crippen LogP contribution in [0.5, 0.6) is 0 Å². The highest BCUT2D eigenvalue weighted by molar-refractivity contribution is 7.17. The maximum Gasteiger partial charge on any atom is 0.341 e. The molecule has 1 aliphatic heterocycles. The van der Waals surface area contributed by atoms with Crippen molar-refractivity contribution in [3.63, 3.8) is 0 Å². The number of hydrogen-bond acceptors (Lipinski definition) is 6. The normalized spacial score (nSPS) is 13.4. The van der Waals surface area contributed by atoms with Crippen molar-refractivity contribution in [1.29, 1.82) is 0 Å². The van der Waals surface area contributed by atoms with Crippen LogP contribution in [0.1, 0.15) is 58.1 Å². The van der Waals surface area contributed by atoms with E-state index in [1.165, 1.54) is 25.4 Å². The Labute approximate surface area is 161 Å². The van der Waals surface area contributed by atoms with Gasteiger partial charge in [0.1, 0.15) is 10.7 Å². The van der Waals surface area contributed by atoms with Gasteiger partial charge in [-0.25, -0.2) is 4.79 Å². The van der Waals surface area contributed by atoms with Gasteiger partial charge in [-0.1, -0.05) is 0 Å². The molecule has 8 nitrogen and oxygen atoms in total. The summed E-state index contributed by atoms with van der Waals surface area (Å²) in [4.78, 5) is 39.4. The summed E-state index contributed by atoms with van der Waals surface area (Å²) in [7, 11) is 1.32. The molecule has 27 heavy (non-hydrogen) atoms. The predicted octanol–water partition coefficient (Wildman–Crippen LogP) is 2.47. The number of aromatic nitrogens is 2. The van der Waals surface area contributed by atoms with E-state index in [-0.39, 0.29) is 17.9 Å². The SMILES string of the molecule is COC(=O)c1c(NC(=O)c2ccnn2C(C)C)sc2c1CCN(C(C)=O)C2. The van der Waals surface area contributed by atoms with Crippen molar-refractivity contribution in [1.82, 2.24) is 14.7 Å². The summed E-state index contributed by atoms with van der Waals surface area (Å²) in [6.45, 7) is 6.36. The van der Waals surface area contributed by atoms with E-state index >= 15 is 0 Å². The number of fused-ring (bicyclic) bond motifs is 1. The summed E-state index contributed by atoms with van der Waals surface area (Å²) in [5.74, 6) is -0.843. The Balaban J connectivity index is 1.95. The molecule has 0 aromatic carbocycles. The molecule has 0 spiro atoms. The average Bonchev–Trinajstić information content (AvgIpc) is 3.24. The van der Waals surface area contributed by atoms with Crippen LogP contribution in [0.3, 0.4) is 0 Å². The van der Waals surface area contributed by atoms with Gasteiger partial charge in [0.2, 0.25) is 5.91 Å². The lowest BCUT2D eigenvalue weighted by atomic mass is 10.0. The van der Waals surface area contributed by atoms with E-state index in [1.54, 1.807) is 21.8 Å². The number of esters is 1. The number of rotatable bonds is 4. The number of carbonyl (C=O) groups excluding carboxylic acids is 3. The third-order valence-corrected chi connectivity index (χ3v) is 5.64. The van der Waals surface area contributed by atoms with Gasteiger partial charge in [0.05, 0.1) is 19.2 Å². The molecule has 0 radical (unpaired) electrons. The highest BCUT2D eigenvalue weighted by Gasteiger charge is 2.30. The van der Waals surface area contributed by atoms with Gasteiger partial charge in [-0.05, 0) is 31.9 Å². The first-order valence-corrected chi connectivity index (χ1v) is 9.48. The summed E-state index contributed by atoms with van der Waals surface area (Å²) in [5.41, 5.74) is 1.64. The fourth-order valence-electron chi connectivity index (χ4n) is 3.15. The summed E-state index contributed by atoms with van der Waals surface area (Å²) in [5, 5.41) is 7.45. The molecule has 2 aromatic rings. The lowest BCUT2D eigenvalue weighted by Gasteiger charge is -2.25. The van der Waals surface area contributed by atoms with Crippen LogP contribution >= 0.6 is 11.3 Å². The second-order valence-corrected chi connectivity index (χ2v) is 7.70. The van der Waals surface area contributed by atoms with Gasteiger partial charge in [0.25, 0.3) is 5.91 Å². The van der Waals surface area contributed by atoms with Crippen molar-refractivity contribution >= 4 is 34.1 Å². The van der Waals surface area contributed by atoms with Gasteiger partial charge < -0.3 is 15.0 Å². The lowest BCUT2D eigenvalue weighted by molar-refractivity contribution is -0.129. The first-order chi connectivity index (χ1) is 12.8. The van der Waals surface area contributed by atoms with Gasteiger partial charge in [-0.3, -0.25) is 14.3 Å². The Morgan fingerprint density at radius 2 is 2.07 bits per heavy atom. The number of methoxy groups -OCH3 is 1. The standard InChI is InChI=1S/C18H22N4O4S/c1-10(2)22-13(5-7-19-22)16(24)20-17-15(18(25)26-4)12-6-8-21(11(3)23)9-14(12)27-17/h5,7,10H,6,8-9H2,1-4H3,(H,20,24). The Kier molecular flexibility index (Phi) is 5.31. The molecule has 0 saturated heterocycles. The maximum absolute atomic E-state index is 12.8. The first kappa shape index (κ1) is 19.1. The molecular weight excluding hydrogens is 368 g/mol. The third-order valence-electron chi connectivity index (χ3n) is 4.51. The van der Waals surface area contributed by atoms with Crippen molar-refractivity contribution in [3.8, 4) is 0 Å². The highest BCUT2D eigenvalue weighted by atomic mass is 32.1. The molecule has 2 amide bonds. The average molecular weight is 390 g/mol. The van der Waals surface area contributed by atoms with E-state index in [1.807, 2.05) is 13.8 Å². The van der Waals surface area contributed by atoms with E-state index in [0.29, 0.717) is 35.8 Å². The molecule has 0 atom stereocenters. The van der Waals surface area contributed by atoms with Gasteiger partial charge in [0, 0.05) is 30.6 Å². The van der Waals surface area contributed by atoms with E-state index in [9.17, 15) is 14.4 Å². The number of nitrogens with zero attached hydrogens (tertiary/aromatic N) is 3. The van der Waals surface area contributed by atoms with Crippen molar-refractivity contribution in [2.75, 3.05) is 19.0 Å². The van der Waals surface area contributed by atoms with Crippen molar-refractivity contribution < 1.29 is 19.1 Å². The zero-order chi connectivity index (χ0) is 19.7. The van der Waals surface area contributed by atoms with Crippen LogP contribution in [0.25, 0.3) is 0 Å². The van der Waals surface area contributed by atoms with Crippen LogP contribution in [-0.4, -0.2) is 46.1 Å². The smallest absolute Gasteiger partial charge is 0.341 e. The molecule has 0 unspecified atom stereocenters. The van der Waals surface area contributed by atoms with Crippen molar-refractivity contribution in [2.24, 2.45) is 0 Å². The summed E-state index contributed by atoms with van der Waals surface area (Å²) >= 11 is 1.31. The number of ether oxygens (including phenoxy) is 1. The molecule has 3 heterocycles. The molecule has 0 saturated carbocycles. The molecular formula is C18H22N4O4S. The Morgan fingerprint density at radius 1 is 1.33 bits per heavy atom. The minimum Gasteiger partial charge on any atom is -0.465 e. The van der Waals surface area contributed by atoms with Crippen LogP contribution < -0.4 is 5.32 Å². The van der Waals surface area contributed by atoms with E-state index in [0.717, 1.165) is 10.4 Å². The van der Waals surface area contributed by atoms with Gasteiger partial charge >= 0.3 is 5.97 Å². The van der Waals surface area contributed by atoms with E-state index < -0.39 is 5.97 Å². The zero-order valence-corrected chi connectivity index (χ0v) is 16.6. The topological polar surface area (TPSA) is 93.5 Å². The number of carbonyl (C=O) groups is 3. The maximum atomic E-state index is 12.8. The molecule has 0 fully saturated rings. The van der Waals surface area contributed by atoms with E-state index in [2.05, 4.69) is 10.4 Å². The molecule has 1 aliphatic rings. The van der Waals surface area contributed by atoms with E-state index in [4.69, 9.17) is 4.74 Å². The molecule has 2 aromatic heterocycles. The van der Waals surface area contributed by atoms with Gasteiger partial charge in [-0.2, -0.15) is 5.10 Å². The van der Waals surface area contributed by atoms with Crippen LogP contribution in [0, 0.1) is 0 Å². The third kappa shape index (κ3) is 3.59. The highest BCUT2D eigenvalue weighted by Crippen LogP contribution is 2.38. The second-order valence-electron chi connectivity index (χ2n) is 6.60. The zero-order valence-electron chi connectivity index (χ0n) is 15.7. The number of nitrogens with one attached hydrogen (secondary N) is 1. The Bertz CT molecular complexity index is 899. The quantitative estimate of drug-likeness (QED) is 0.810. The summed E-state index contributed by atoms with van der Waals surface area (Å²) in [6, 6.07) is 1.67. The van der Waals surface area contributed by atoms with Crippen LogP contribution in [0.15, 0.2) is 12.3 Å². The fourth-order valence-corrected chi connectivity index (χ4v) is 4.40. The molecule has 3 rings (SSSR count). The molecule has 1 N–H and O–H groups in total. The lowest BCUT2D eigenvalue weighted by Crippen LogP contribution is -2.33. The number of amides is 2. The summed E-state index contributed by atoms with van der Waals surface area (Å²) < 4.78 is 6.55. The molecule has 144 valence electrons. The fraction of sp³-hybridized carbons (Fsp3) is 0.444. The van der Waals surface area contributed by atoms with Gasteiger partial charge in [0.15, 0.2) is 0 Å².